The van der Waals surface area contributed by atoms with E-state index in [0.717, 1.165) is 24.4 Å². The molecule has 0 radical (unpaired) electrons. The molecule has 0 saturated carbocycles. The van der Waals surface area contributed by atoms with Crippen molar-refractivity contribution in [1.29, 1.82) is 0 Å². The number of carbonyl (C=O) groups excluding carboxylic acids is 1. The van der Waals surface area contributed by atoms with Gasteiger partial charge in [0, 0.05) is 24.8 Å². The maximum absolute atomic E-state index is 11.9. The van der Waals surface area contributed by atoms with Crippen LogP contribution >= 0.6 is 24.8 Å². The summed E-state index contributed by atoms with van der Waals surface area (Å²) in [5.41, 5.74) is 7.74. The van der Waals surface area contributed by atoms with Crippen molar-refractivity contribution in [2.24, 2.45) is 5.73 Å². The third-order valence-corrected chi connectivity index (χ3v) is 2.97. The van der Waals surface area contributed by atoms with Gasteiger partial charge in [0.05, 0.1) is 5.69 Å². The maximum atomic E-state index is 11.9. The Morgan fingerprint density at radius 2 is 2.17 bits per heavy atom. The Labute approximate surface area is 120 Å². The third kappa shape index (κ3) is 3.86. The Balaban J connectivity index is 0.00000144. The number of nitrogens with zero attached hydrogens (tertiary/aromatic N) is 3. The van der Waals surface area contributed by atoms with Crippen molar-refractivity contribution in [3.8, 4) is 0 Å². The molecule has 1 unspecified atom stereocenters. The highest BCUT2D eigenvalue weighted by atomic mass is 35.5. The molecule has 5 nitrogen and oxygen atoms in total. The van der Waals surface area contributed by atoms with Gasteiger partial charge < -0.3 is 10.6 Å². The van der Waals surface area contributed by atoms with Crippen LogP contribution < -0.4 is 5.73 Å². The zero-order valence-electron chi connectivity index (χ0n) is 10.6. The summed E-state index contributed by atoms with van der Waals surface area (Å²) in [6.45, 7) is 5.67. The van der Waals surface area contributed by atoms with Crippen LogP contribution in [0.1, 0.15) is 17.8 Å². The van der Waals surface area contributed by atoms with Crippen molar-refractivity contribution >= 4 is 30.7 Å². The fraction of sp³-hybridized carbons (Fsp3) is 0.636. The summed E-state index contributed by atoms with van der Waals surface area (Å²) in [7, 11) is 0. The number of halogens is 2. The lowest BCUT2D eigenvalue weighted by Gasteiger charge is -2.16. The van der Waals surface area contributed by atoms with Crippen LogP contribution in [0.2, 0.25) is 0 Å². The zero-order valence-corrected chi connectivity index (χ0v) is 12.3. The molecule has 1 aromatic heterocycles. The number of rotatable bonds is 2. The molecule has 2 rings (SSSR count). The van der Waals surface area contributed by atoms with Crippen molar-refractivity contribution in [2.45, 2.75) is 32.9 Å². The van der Waals surface area contributed by atoms with Gasteiger partial charge in [-0.25, -0.2) is 0 Å². The monoisotopic (exact) mass is 294 g/mol. The lowest BCUT2D eigenvalue weighted by Crippen LogP contribution is -2.34. The van der Waals surface area contributed by atoms with E-state index in [1.807, 2.05) is 24.8 Å². The number of hydrogen-bond donors (Lipinski definition) is 1. The van der Waals surface area contributed by atoms with Crippen LogP contribution in [0.4, 0.5) is 0 Å². The van der Waals surface area contributed by atoms with Gasteiger partial charge in [0.15, 0.2) is 0 Å². The maximum Gasteiger partial charge on any atom is 0.244 e. The summed E-state index contributed by atoms with van der Waals surface area (Å²) in [6, 6.07) is 2.12. The predicted molar refractivity (Wildman–Crippen MR) is 75.4 cm³/mol. The van der Waals surface area contributed by atoms with Crippen molar-refractivity contribution in [2.75, 3.05) is 13.1 Å². The zero-order chi connectivity index (χ0) is 11.7. The van der Waals surface area contributed by atoms with Gasteiger partial charge in [-0.05, 0) is 26.3 Å². The average molecular weight is 295 g/mol. The largest absolute Gasteiger partial charge is 0.339 e. The molecule has 0 aromatic carbocycles. The Morgan fingerprint density at radius 1 is 1.50 bits per heavy atom. The van der Waals surface area contributed by atoms with Gasteiger partial charge in [-0.2, -0.15) is 5.10 Å². The lowest BCUT2D eigenvalue weighted by atomic mass is 10.3. The first-order valence-corrected chi connectivity index (χ1v) is 5.60. The molecule has 1 fully saturated rings. The van der Waals surface area contributed by atoms with Gasteiger partial charge in [0.25, 0.3) is 0 Å². The van der Waals surface area contributed by atoms with Crippen molar-refractivity contribution in [3.05, 3.63) is 17.5 Å². The molecule has 0 spiro atoms. The standard InChI is InChI=1S/C11H18N4O.2ClH/c1-8-5-9(2)15(13-8)7-11(16)14-4-3-10(12)6-14;;/h5,10H,3-4,6-7,12H2,1-2H3;2*1H. The molecule has 2 N–H and O–H groups in total. The van der Waals surface area contributed by atoms with Crippen molar-refractivity contribution in [1.82, 2.24) is 14.7 Å². The summed E-state index contributed by atoms with van der Waals surface area (Å²) in [6.07, 6.45) is 0.906. The number of carbonyl (C=O) groups is 1. The number of aromatic nitrogens is 2. The van der Waals surface area contributed by atoms with Gasteiger partial charge in [0.2, 0.25) is 5.91 Å². The predicted octanol–water partition coefficient (Wildman–Crippen LogP) is 0.903. The van der Waals surface area contributed by atoms with E-state index in [1.165, 1.54) is 0 Å². The summed E-state index contributed by atoms with van der Waals surface area (Å²) in [5.74, 6) is 0.110. The molecular formula is C11H20Cl2N4O. The van der Waals surface area contributed by atoms with Crippen LogP contribution in [-0.2, 0) is 11.3 Å². The fourth-order valence-electron chi connectivity index (χ4n) is 2.08. The van der Waals surface area contributed by atoms with E-state index in [2.05, 4.69) is 5.10 Å². The second kappa shape index (κ2) is 6.97. The lowest BCUT2D eigenvalue weighted by molar-refractivity contribution is -0.131. The molecule has 2 heterocycles. The fourth-order valence-corrected chi connectivity index (χ4v) is 2.08. The van der Waals surface area contributed by atoms with Crippen LogP contribution in [0.25, 0.3) is 0 Å². The first kappa shape index (κ1) is 17.2. The second-order valence-corrected chi connectivity index (χ2v) is 4.47. The molecule has 104 valence electrons. The van der Waals surface area contributed by atoms with Crippen LogP contribution in [0, 0.1) is 13.8 Å². The van der Waals surface area contributed by atoms with Crippen molar-refractivity contribution in [3.63, 3.8) is 0 Å². The molecule has 1 aliphatic heterocycles. The number of nitrogens with two attached hydrogens (primary N) is 1. The highest BCUT2D eigenvalue weighted by molar-refractivity contribution is 5.85. The van der Waals surface area contributed by atoms with Crippen LogP contribution in [0.3, 0.4) is 0 Å². The number of amides is 1. The Morgan fingerprint density at radius 3 is 2.61 bits per heavy atom. The van der Waals surface area contributed by atoms with Crippen LogP contribution in [0.5, 0.6) is 0 Å². The molecule has 1 amide bonds. The summed E-state index contributed by atoms with van der Waals surface area (Å²) < 4.78 is 1.75. The molecule has 18 heavy (non-hydrogen) atoms. The Hall–Kier alpha value is -0.780. The van der Waals surface area contributed by atoms with Crippen LogP contribution in [-0.4, -0.2) is 39.7 Å². The second-order valence-electron chi connectivity index (χ2n) is 4.47. The minimum absolute atomic E-state index is 0. The van der Waals surface area contributed by atoms with Gasteiger partial charge in [0.1, 0.15) is 6.54 Å². The minimum atomic E-state index is 0. The quantitative estimate of drug-likeness (QED) is 0.882. The first-order valence-electron chi connectivity index (χ1n) is 5.60. The molecule has 0 bridgehead atoms. The van der Waals surface area contributed by atoms with E-state index in [0.29, 0.717) is 13.1 Å². The average Bonchev–Trinajstić information content (AvgIpc) is 2.74. The van der Waals surface area contributed by atoms with Gasteiger partial charge in [-0.15, -0.1) is 24.8 Å². The van der Waals surface area contributed by atoms with E-state index in [4.69, 9.17) is 5.73 Å². The normalized spacial score (nSPS) is 18.2. The molecule has 1 saturated heterocycles. The highest BCUT2D eigenvalue weighted by Crippen LogP contribution is 2.09. The molecule has 7 heteroatoms. The third-order valence-electron chi connectivity index (χ3n) is 2.97. The molecule has 1 atom stereocenters. The number of hydrogen-bond acceptors (Lipinski definition) is 3. The van der Waals surface area contributed by atoms with Gasteiger partial charge in [-0.3, -0.25) is 9.48 Å². The van der Waals surface area contributed by atoms with E-state index >= 15 is 0 Å². The van der Waals surface area contributed by atoms with E-state index < -0.39 is 0 Å². The van der Waals surface area contributed by atoms with E-state index in [1.54, 1.807) is 4.68 Å². The van der Waals surface area contributed by atoms with Gasteiger partial charge in [-0.1, -0.05) is 0 Å². The molecular weight excluding hydrogens is 275 g/mol. The minimum Gasteiger partial charge on any atom is -0.339 e. The first-order chi connectivity index (χ1) is 7.56. The Bertz CT molecular complexity index is 408. The summed E-state index contributed by atoms with van der Waals surface area (Å²) >= 11 is 0. The molecule has 0 aliphatic carbocycles. The highest BCUT2D eigenvalue weighted by Gasteiger charge is 2.23. The van der Waals surface area contributed by atoms with E-state index in [9.17, 15) is 4.79 Å². The Kier molecular flexibility index (Phi) is 6.67. The number of aryl methyl sites for hydroxylation is 2. The summed E-state index contributed by atoms with van der Waals surface area (Å²) in [4.78, 5) is 13.8. The number of likely N-dealkylation sites (tertiary alicyclic amines) is 1. The van der Waals surface area contributed by atoms with Gasteiger partial charge >= 0.3 is 0 Å². The van der Waals surface area contributed by atoms with E-state index in [-0.39, 0.29) is 36.8 Å². The molecule has 1 aromatic rings. The molecule has 1 aliphatic rings. The smallest absolute Gasteiger partial charge is 0.244 e. The van der Waals surface area contributed by atoms with Crippen LogP contribution in [0.15, 0.2) is 6.07 Å². The SMILES string of the molecule is Cc1cc(C)n(CC(=O)N2CCC(N)C2)n1.Cl.Cl. The topological polar surface area (TPSA) is 64.2 Å². The summed E-state index contributed by atoms with van der Waals surface area (Å²) in [5, 5.41) is 4.28. The van der Waals surface area contributed by atoms with Crippen molar-refractivity contribution < 1.29 is 4.79 Å².